The van der Waals surface area contributed by atoms with Gasteiger partial charge < -0.3 is 15.4 Å². The van der Waals surface area contributed by atoms with Crippen molar-refractivity contribution in [3.8, 4) is 0 Å². The molecule has 0 saturated heterocycles. The summed E-state index contributed by atoms with van der Waals surface area (Å²) in [6.07, 6.45) is -4.15. The number of benzene rings is 3. The summed E-state index contributed by atoms with van der Waals surface area (Å²) in [5.74, 6) is -1.45. The fourth-order valence-electron chi connectivity index (χ4n) is 3.61. The molecule has 0 bridgehead atoms. The summed E-state index contributed by atoms with van der Waals surface area (Å²) in [7, 11) is 0. The number of carboxylic acids is 1. The van der Waals surface area contributed by atoms with Gasteiger partial charge in [-0.2, -0.15) is 13.2 Å². The third-order valence-electron chi connectivity index (χ3n) is 5.51. The summed E-state index contributed by atoms with van der Waals surface area (Å²) in [4.78, 5) is 38.9. The van der Waals surface area contributed by atoms with E-state index in [2.05, 4.69) is 10.3 Å². The number of alkyl halides is 3. The average molecular weight is 480 g/mol. The second kappa shape index (κ2) is 9.46. The molecule has 0 spiro atoms. The summed E-state index contributed by atoms with van der Waals surface area (Å²) in [6, 6.07) is 17.2. The zero-order valence-corrected chi connectivity index (χ0v) is 18.1. The van der Waals surface area contributed by atoms with Crippen molar-refractivity contribution < 1.29 is 27.9 Å². The van der Waals surface area contributed by atoms with Gasteiger partial charge in [-0.1, -0.05) is 24.3 Å². The van der Waals surface area contributed by atoms with E-state index in [0.717, 1.165) is 17.7 Å². The predicted molar refractivity (Wildman–Crippen MR) is 123 cm³/mol. The van der Waals surface area contributed by atoms with Crippen LogP contribution in [0.25, 0.3) is 10.9 Å². The van der Waals surface area contributed by atoms with E-state index in [4.69, 9.17) is 5.11 Å². The molecule has 178 valence electrons. The molecule has 0 fully saturated rings. The number of carbonyl (C=O) groups is 2. The number of pyridine rings is 1. The molecule has 6 nitrogen and oxygen atoms in total. The number of fused-ring (bicyclic) bond motifs is 1. The summed E-state index contributed by atoms with van der Waals surface area (Å²) in [5.41, 5.74) is 1.69. The molecule has 0 aliphatic carbocycles. The molecule has 1 amide bonds. The highest BCUT2D eigenvalue weighted by Gasteiger charge is 2.29. The van der Waals surface area contributed by atoms with Crippen molar-refractivity contribution in [2.45, 2.75) is 19.1 Å². The largest absolute Gasteiger partial charge is 0.478 e. The minimum absolute atomic E-state index is 0.0538. The summed E-state index contributed by atoms with van der Waals surface area (Å²) in [5, 5.41) is 12.3. The van der Waals surface area contributed by atoms with Gasteiger partial charge in [0.1, 0.15) is 0 Å². The second-order valence-electron chi connectivity index (χ2n) is 7.98. The number of nitrogens with one attached hydrogen (secondary N) is 2. The summed E-state index contributed by atoms with van der Waals surface area (Å²) >= 11 is 0. The molecule has 3 aromatic carbocycles. The molecule has 0 unspecified atom stereocenters. The van der Waals surface area contributed by atoms with Crippen LogP contribution < -0.4 is 10.9 Å². The van der Waals surface area contributed by atoms with Crippen molar-refractivity contribution in [3.05, 3.63) is 117 Å². The number of carboxylic acid groups (broad SMARTS) is 1. The SMILES string of the molecule is O=C(O)c1ccc(Cc2cc3cc(C(=O)NCc4ccc(C(F)(F)F)cc4)ccc3[nH]c2=O)cc1. The second-order valence-corrected chi connectivity index (χ2v) is 7.98. The van der Waals surface area contributed by atoms with Crippen LogP contribution >= 0.6 is 0 Å². The number of aromatic amines is 1. The fourth-order valence-corrected chi connectivity index (χ4v) is 3.61. The zero-order chi connectivity index (χ0) is 25.2. The monoisotopic (exact) mass is 480 g/mol. The molecule has 4 rings (SSSR count). The Morgan fingerprint density at radius 3 is 2.11 bits per heavy atom. The first-order valence-corrected chi connectivity index (χ1v) is 10.5. The number of carbonyl (C=O) groups excluding carboxylic acids is 1. The van der Waals surface area contributed by atoms with Crippen molar-refractivity contribution in [1.29, 1.82) is 0 Å². The van der Waals surface area contributed by atoms with Gasteiger partial charge in [-0.05, 0) is 65.0 Å². The lowest BCUT2D eigenvalue weighted by Gasteiger charge is -2.09. The quantitative estimate of drug-likeness (QED) is 0.370. The Balaban J connectivity index is 1.50. The van der Waals surface area contributed by atoms with Crippen LogP contribution in [0.5, 0.6) is 0 Å². The third-order valence-corrected chi connectivity index (χ3v) is 5.51. The number of H-pyrrole nitrogens is 1. The maximum atomic E-state index is 12.7. The van der Waals surface area contributed by atoms with Gasteiger partial charge in [-0.25, -0.2) is 4.79 Å². The van der Waals surface area contributed by atoms with Crippen molar-refractivity contribution in [3.63, 3.8) is 0 Å². The van der Waals surface area contributed by atoms with E-state index in [1.807, 2.05) is 0 Å². The van der Waals surface area contributed by atoms with E-state index < -0.39 is 23.6 Å². The van der Waals surface area contributed by atoms with E-state index in [0.29, 0.717) is 27.6 Å². The highest BCUT2D eigenvalue weighted by Crippen LogP contribution is 2.29. The van der Waals surface area contributed by atoms with E-state index in [1.54, 1.807) is 36.4 Å². The number of aromatic nitrogens is 1. The van der Waals surface area contributed by atoms with Crippen LogP contribution in [0.15, 0.2) is 77.6 Å². The van der Waals surface area contributed by atoms with Crippen molar-refractivity contribution >= 4 is 22.8 Å². The molecule has 0 atom stereocenters. The van der Waals surface area contributed by atoms with Gasteiger partial charge in [-0.3, -0.25) is 9.59 Å². The Morgan fingerprint density at radius 1 is 0.857 bits per heavy atom. The zero-order valence-electron chi connectivity index (χ0n) is 18.1. The number of hydrogen-bond donors (Lipinski definition) is 3. The van der Waals surface area contributed by atoms with Crippen LogP contribution in [0.4, 0.5) is 13.2 Å². The Labute approximate surface area is 197 Å². The molecule has 3 N–H and O–H groups in total. The highest BCUT2D eigenvalue weighted by atomic mass is 19.4. The Bertz CT molecular complexity index is 1460. The minimum atomic E-state index is -4.42. The minimum Gasteiger partial charge on any atom is -0.478 e. The van der Waals surface area contributed by atoms with Gasteiger partial charge in [0.25, 0.3) is 11.5 Å². The van der Waals surface area contributed by atoms with Gasteiger partial charge in [0.05, 0.1) is 11.1 Å². The fraction of sp³-hybridized carbons (Fsp3) is 0.115. The number of rotatable bonds is 6. The van der Waals surface area contributed by atoms with Crippen LogP contribution in [0.3, 0.4) is 0 Å². The Kier molecular flexibility index (Phi) is 6.42. The maximum absolute atomic E-state index is 12.7. The first-order valence-electron chi connectivity index (χ1n) is 10.5. The van der Waals surface area contributed by atoms with E-state index in [-0.39, 0.29) is 24.1 Å². The van der Waals surface area contributed by atoms with E-state index in [1.165, 1.54) is 24.3 Å². The average Bonchev–Trinajstić information content (AvgIpc) is 2.83. The van der Waals surface area contributed by atoms with Gasteiger partial charge in [0, 0.05) is 29.6 Å². The van der Waals surface area contributed by atoms with Crippen LogP contribution in [0.2, 0.25) is 0 Å². The van der Waals surface area contributed by atoms with Gasteiger partial charge in [0.15, 0.2) is 0 Å². The van der Waals surface area contributed by atoms with Crippen molar-refractivity contribution in [2.24, 2.45) is 0 Å². The van der Waals surface area contributed by atoms with Crippen LogP contribution in [-0.4, -0.2) is 22.0 Å². The number of aromatic carboxylic acids is 1. The smallest absolute Gasteiger partial charge is 0.416 e. The van der Waals surface area contributed by atoms with Gasteiger partial charge in [0.2, 0.25) is 0 Å². The van der Waals surface area contributed by atoms with E-state index in [9.17, 15) is 27.6 Å². The first kappa shape index (κ1) is 23.7. The molecule has 0 radical (unpaired) electrons. The normalized spacial score (nSPS) is 11.4. The summed E-state index contributed by atoms with van der Waals surface area (Å²) in [6.45, 7) is 0.0538. The molecular weight excluding hydrogens is 461 g/mol. The molecule has 0 aliphatic heterocycles. The Morgan fingerprint density at radius 2 is 1.49 bits per heavy atom. The predicted octanol–water partition coefficient (Wildman–Crippen LogP) is 4.77. The lowest BCUT2D eigenvalue weighted by molar-refractivity contribution is -0.137. The topological polar surface area (TPSA) is 99.3 Å². The molecule has 35 heavy (non-hydrogen) atoms. The Hall–Kier alpha value is -4.40. The molecule has 4 aromatic rings. The van der Waals surface area contributed by atoms with Crippen molar-refractivity contribution in [1.82, 2.24) is 10.3 Å². The standard InChI is InChI=1S/C26H19F3N2O4/c27-26(28,29)21-8-3-16(4-9-21)14-30-23(32)18-7-10-22-19(12-18)13-20(24(33)31-22)11-15-1-5-17(6-2-15)25(34)35/h1-10,12-13H,11,14H2,(H,30,32)(H,31,33)(H,34,35). The highest BCUT2D eigenvalue weighted by molar-refractivity contribution is 5.98. The maximum Gasteiger partial charge on any atom is 0.416 e. The molecule has 1 heterocycles. The van der Waals surface area contributed by atoms with Crippen LogP contribution in [0.1, 0.15) is 43.0 Å². The molecule has 9 heteroatoms. The molecule has 0 aliphatic rings. The first-order chi connectivity index (χ1) is 16.6. The lowest BCUT2D eigenvalue weighted by atomic mass is 10.0. The van der Waals surface area contributed by atoms with Crippen LogP contribution in [0, 0.1) is 0 Å². The summed E-state index contributed by atoms with van der Waals surface area (Å²) < 4.78 is 38.1. The number of halogens is 3. The lowest BCUT2D eigenvalue weighted by Crippen LogP contribution is -2.23. The van der Waals surface area contributed by atoms with Gasteiger partial charge in [-0.15, -0.1) is 0 Å². The molecule has 1 aromatic heterocycles. The number of hydrogen-bond acceptors (Lipinski definition) is 3. The molecule has 0 saturated carbocycles. The number of amides is 1. The molecular formula is C26H19F3N2O4. The third kappa shape index (κ3) is 5.57. The van der Waals surface area contributed by atoms with Gasteiger partial charge >= 0.3 is 12.1 Å². The van der Waals surface area contributed by atoms with E-state index >= 15 is 0 Å². The van der Waals surface area contributed by atoms with Crippen molar-refractivity contribution in [2.75, 3.05) is 0 Å². The van der Waals surface area contributed by atoms with Crippen LogP contribution in [-0.2, 0) is 19.1 Å².